The Balaban J connectivity index is 2.61. The lowest BCUT2D eigenvalue weighted by Gasteiger charge is -2.21. The first-order chi connectivity index (χ1) is 7.81. The van der Waals surface area contributed by atoms with Crippen molar-refractivity contribution in [1.82, 2.24) is 5.32 Å². The number of aliphatic hydroxyl groups is 1. The van der Waals surface area contributed by atoms with Crippen LogP contribution in [0.3, 0.4) is 0 Å². The summed E-state index contributed by atoms with van der Waals surface area (Å²) in [5.41, 5.74) is 0.779. The zero-order chi connectivity index (χ0) is 13.1. The molecule has 0 fully saturated rings. The predicted octanol–water partition coefficient (Wildman–Crippen LogP) is 3.66. The van der Waals surface area contributed by atoms with Crippen molar-refractivity contribution in [2.24, 2.45) is 5.41 Å². The quantitative estimate of drug-likeness (QED) is 0.879. The molecule has 1 rings (SSSR count). The smallest absolute Gasteiger partial charge is 0.0943 e. The van der Waals surface area contributed by atoms with Crippen LogP contribution in [0.5, 0.6) is 0 Å². The van der Waals surface area contributed by atoms with E-state index in [1.54, 1.807) is 18.2 Å². The molecule has 1 aromatic rings. The first-order valence-electron chi connectivity index (χ1n) is 5.64. The lowest BCUT2D eigenvalue weighted by atomic mass is 9.97. The molecule has 0 saturated carbocycles. The fraction of sp³-hybridized carbons (Fsp3) is 0.538. The van der Waals surface area contributed by atoms with Gasteiger partial charge in [0.05, 0.1) is 6.10 Å². The van der Waals surface area contributed by atoms with Crippen molar-refractivity contribution >= 4 is 23.2 Å². The first-order valence-corrected chi connectivity index (χ1v) is 6.39. The Labute approximate surface area is 113 Å². The van der Waals surface area contributed by atoms with Crippen molar-refractivity contribution in [1.29, 1.82) is 0 Å². The molecule has 0 radical (unpaired) electrons. The summed E-state index contributed by atoms with van der Waals surface area (Å²) in [5.74, 6) is 0. The molecule has 0 amide bonds. The molecule has 0 aromatic heterocycles. The van der Waals surface area contributed by atoms with Gasteiger partial charge in [0.25, 0.3) is 0 Å². The normalized spacial score (nSPS) is 13.8. The topological polar surface area (TPSA) is 32.3 Å². The van der Waals surface area contributed by atoms with Crippen molar-refractivity contribution < 1.29 is 5.11 Å². The van der Waals surface area contributed by atoms with Gasteiger partial charge in [0.15, 0.2) is 0 Å². The van der Waals surface area contributed by atoms with E-state index in [2.05, 4.69) is 26.1 Å². The molecule has 0 bridgehead atoms. The molecular weight excluding hydrogens is 257 g/mol. The van der Waals surface area contributed by atoms with E-state index in [1.807, 2.05) is 0 Å². The van der Waals surface area contributed by atoms with Crippen molar-refractivity contribution in [3.05, 3.63) is 33.8 Å². The van der Waals surface area contributed by atoms with Gasteiger partial charge in [-0.25, -0.2) is 0 Å². The van der Waals surface area contributed by atoms with E-state index in [1.165, 1.54) is 0 Å². The Bertz CT molecular complexity index is 354. The minimum atomic E-state index is -0.682. The van der Waals surface area contributed by atoms with E-state index in [0.717, 1.165) is 6.54 Å². The standard InChI is InChI=1S/C13H19Cl2NO/c1-13(2,3)8-16-7-11(17)12-9(14)5-4-6-10(12)15/h4-6,11,16-17H,7-8H2,1-3H3/t11-/m0/s1. The summed E-state index contributed by atoms with van der Waals surface area (Å²) in [6.45, 7) is 7.67. The lowest BCUT2D eigenvalue weighted by molar-refractivity contribution is 0.170. The number of halogens is 2. The monoisotopic (exact) mass is 275 g/mol. The minimum Gasteiger partial charge on any atom is -0.387 e. The summed E-state index contributed by atoms with van der Waals surface area (Å²) in [5, 5.41) is 14.3. The van der Waals surface area contributed by atoms with E-state index in [9.17, 15) is 5.11 Å². The number of nitrogens with one attached hydrogen (secondary N) is 1. The van der Waals surface area contributed by atoms with Crippen molar-refractivity contribution in [3.8, 4) is 0 Å². The van der Waals surface area contributed by atoms with Gasteiger partial charge in [-0.15, -0.1) is 0 Å². The number of aliphatic hydroxyl groups excluding tert-OH is 1. The minimum absolute atomic E-state index is 0.185. The molecule has 4 heteroatoms. The zero-order valence-corrected chi connectivity index (χ0v) is 11.9. The molecule has 0 heterocycles. The van der Waals surface area contributed by atoms with Gasteiger partial charge < -0.3 is 10.4 Å². The van der Waals surface area contributed by atoms with Crippen LogP contribution in [0.1, 0.15) is 32.4 Å². The van der Waals surface area contributed by atoms with Crippen molar-refractivity contribution in [2.45, 2.75) is 26.9 Å². The highest BCUT2D eigenvalue weighted by atomic mass is 35.5. The Kier molecular flexibility index (Phi) is 5.26. The number of hydrogen-bond donors (Lipinski definition) is 2. The van der Waals surface area contributed by atoms with Gasteiger partial charge in [-0.1, -0.05) is 50.0 Å². The van der Waals surface area contributed by atoms with Crippen LogP contribution < -0.4 is 5.32 Å². The maximum Gasteiger partial charge on any atom is 0.0943 e. The molecule has 17 heavy (non-hydrogen) atoms. The maximum absolute atomic E-state index is 10.0. The third-order valence-corrected chi connectivity index (χ3v) is 2.99. The molecule has 2 N–H and O–H groups in total. The van der Waals surface area contributed by atoms with Crippen LogP contribution in [0, 0.1) is 5.41 Å². The van der Waals surface area contributed by atoms with Gasteiger partial charge in [-0.2, -0.15) is 0 Å². The summed E-state index contributed by atoms with van der Waals surface area (Å²) in [6.07, 6.45) is -0.682. The summed E-state index contributed by atoms with van der Waals surface area (Å²) in [6, 6.07) is 5.23. The molecule has 96 valence electrons. The SMILES string of the molecule is CC(C)(C)CNC[C@H](O)c1c(Cl)cccc1Cl. The average molecular weight is 276 g/mol. The molecule has 0 aliphatic heterocycles. The molecule has 1 aromatic carbocycles. The van der Waals surface area contributed by atoms with Crippen LogP contribution in [0.4, 0.5) is 0 Å². The van der Waals surface area contributed by atoms with Crippen LogP contribution >= 0.6 is 23.2 Å². The van der Waals surface area contributed by atoms with E-state index < -0.39 is 6.10 Å². The molecular formula is C13H19Cl2NO. The van der Waals surface area contributed by atoms with Gasteiger partial charge in [-0.05, 0) is 17.5 Å². The molecule has 0 unspecified atom stereocenters. The fourth-order valence-electron chi connectivity index (χ4n) is 1.51. The second-order valence-corrected chi connectivity index (χ2v) is 6.16. The van der Waals surface area contributed by atoms with Gasteiger partial charge >= 0.3 is 0 Å². The van der Waals surface area contributed by atoms with Crippen LogP contribution in [0.25, 0.3) is 0 Å². The number of hydrogen-bond acceptors (Lipinski definition) is 2. The highest BCUT2D eigenvalue weighted by molar-refractivity contribution is 6.36. The predicted molar refractivity (Wildman–Crippen MR) is 73.7 cm³/mol. The molecule has 2 nitrogen and oxygen atoms in total. The number of rotatable bonds is 4. The summed E-state index contributed by atoms with van der Waals surface area (Å²) in [4.78, 5) is 0. The van der Waals surface area contributed by atoms with E-state index >= 15 is 0 Å². The first kappa shape index (κ1) is 14.8. The van der Waals surface area contributed by atoms with E-state index in [0.29, 0.717) is 22.2 Å². The Morgan fingerprint density at radius 2 is 1.76 bits per heavy atom. The van der Waals surface area contributed by atoms with Gasteiger partial charge in [0.2, 0.25) is 0 Å². The van der Waals surface area contributed by atoms with Gasteiger partial charge in [0.1, 0.15) is 0 Å². The highest BCUT2D eigenvalue weighted by Crippen LogP contribution is 2.29. The van der Waals surface area contributed by atoms with Crippen LogP contribution in [0.2, 0.25) is 10.0 Å². The third kappa shape index (κ3) is 4.84. The Morgan fingerprint density at radius 1 is 1.24 bits per heavy atom. The fourth-order valence-corrected chi connectivity index (χ4v) is 2.16. The van der Waals surface area contributed by atoms with E-state index in [4.69, 9.17) is 23.2 Å². The molecule has 0 aliphatic rings. The van der Waals surface area contributed by atoms with Gasteiger partial charge in [0, 0.05) is 28.7 Å². The van der Waals surface area contributed by atoms with Crippen molar-refractivity contribution in [2.75, 3.05) is 13.1 Å². The average Bonchev–Trinajstić information content (AvgIpc) is 2.15. The summed E-state index contributed by atoms with van der Waals surface area (Å²) in [7, 11) is 0. The largest absolute Gasteiger partial charge is 0.387 e. The Hall–Kier alpha value is -0.280. The summed E-state index contributed by atoms with van der Waals surface area (Å²) >= 11 is 12.0. The molecule has 1 atom stereocenters. The second kappa shape index (κ2) is 6.05. The number of benzene rings is 1. The second-order valence-electron chi connectivity index (χ2n) is 5.34. The lowest BCUT2D eigenvalue weighted by Crippen LogP contribution is -2.30. The van der Waals surface area contributed by atoms with Crippen LogP contribution in [-0.4, -0.2) is 18.2 Å². The van der Waals surface area contributed by atoms with Crippen molar-refractivity contribution in [3.63, 3.8) is 0 Å². The Morgan fingerprint density at radius 3 is 2.24 bits per heavy atom. The molecule has 0 spiro atoms. The summed E-state index contributed by atoms with van der Waals surface area (Å²) < 4.78 is 0. The molecule has 0 saturated heterocycles. The van der Waals surface area contributed by atoms with Crippen LogP contribution in [0.15, 0.2) is 18.2 Å². The maximum atomic E-state index is 10.0. The molecule has 0 aliphatic carbocycles. The third-order valence-electron chi connectivity index (χ3n) is 2.33. The van der Waals surface area contributed by atoms with Crippen LogP contribution in [-0.2, 0) is 0 Å². The highest BCUT2D eigenvalue weighted by Gasteiger charge is 2.16. The van der Waals surface area contributed by atoms with E-state index in [-0.39, 0.29) is 5.41 Å². The zero-order valence-electron chi connectivity index (χ0n) is 10.4. The van der Waals surface area contributed by atoms with Gasteiger partial charge in [-0.3, -0.25) is 0 Å².